The summed E-state index contributed by atoms with van der Waals surface area (Å²) < 4.78 is 3.48. The van der Waals surface area contributed by atoms with Gasteiger partial charge in [0, 0.05) is 16.6 Å². The van der Waals surface area contributed by atoms with Crippen LogP contribution in [0.15, 0.2) is 46.4 Å². The number of benzene rings is 1. The number of halogens is 1. The summed E-state index contributed by atoms with van der Waals surface area (Å²) in [6, 6.07) is 13.0. The molecule has 0 saturated heterocycles. The summed E-state index contributed by atoms with van der Waals surface area (Å²) in [7, 11) is 0. The summed E-state index contributed by atoms with van der Waals surface area (Å²) in [5.74, 6) is 0. The van der Waals surface area contributed by atoms with Crippen LogP contribution in [0.25, 0.3) is 10.9 Å². The van der Waals surface area contributed by atoms with Crippen LogP contribution in [0.2, 0.25) is 0 Å². The highest BCUT2D eigenvalue weighted by atomic mass is 79.9. The van der Waals surface area contributed by atoms with Gasteiger partial charge < -0.3 is 10.3 Å². The molecule has 19 heavy (non-hydrogen) atoms. The average molecular weight is 335 g/mol. The number of hydrogen-bond donors (Lipinski definition) is 1. The molecule has 0 aliphatic rings. The monoisotopic (exact) mass is 334 g/mol. The van der Waals surface area contributed by atoms with Gasteiger partial charge in [0.05, 0.1) is 10.3 Å². The summed E-state index contributed by atoms with van der Waals surface area (Å²) in [6.45, 7) is 1.62. The summed E-state index contributed by atoms with van der Waals surface area (Å²) in [5.41, 5.74) is 8.23. The summed E-state index contributed by atoms with van der Waals surface area (Å²) in [5, 5.41) is 1.29. The summed E-state index contributed by atoms with van der Waals surface area (Å²) in [4.78, 5) is 1.36. The number of thiophene rings is 1. The van der Waals surface area contributed by atoms with Gasteiger partial charge in [-0.05, 0) is 64.1 Å². The van der Waals surface area contributed by atoms with Crippen molar-refractivity contribution < 1.29 is 0 Å². The lowest BCUT2D eigenvalue weighted by atomic mass is 10.1. The Labute approximate surface area is 125 Å². The quantitative estimate of drug-likeness (QED) is 0.767. The molecule has 0 radical (unpaired) electrons. The smallest absolute Gasteiger partial charge is 0.0702 e. The Balaban J connectivity index is 1.96. The Hall–Kier alpha value is -1.10. The van der Waals surface area contributed by atoms with Gasteiger partial charge in [-0.1, -0.05) is 12.1 Å². The van der Waals surface area contributed by atoms with E-state index in [2.05, 4.69) is 63.1 Å². The minimum atomic E-state index is 0.698. The van der Waals surface area contributed by atoms with E-state index in [1.807, 2.05) is 0 Å². The van der Waals surface area contributed by atoms with Crippen LogP contribution in [-0.2, 0) is 13.0 Å². The maximum absolute atomic E-state index is 5.63. The van der Waals surface area contributed by atoms with Gasteiger partial charge in [-0.3, -0.25) is 0 Å². The molecule has 3 rings (SSSR count). The van der Waals surface area contributed by atoms with E-state index in [1.165, 1.54) is 25.1 Å². The molecule has 0 aliphatic carbocycles. The van der Waals surface area contributed by atoms with Crippen molar-refractivity contribution >= 4 is 38.2 Å². The predicted octanol–water partition coefficient (Wildman–Crippen LogP) is 4.01. The molecule has 2 N–H and O–H groups in total. The van der Waals surface area contributed by atoms with Crippen molar-refractivity contribution in [3.8, 4) is 0 Å². The van der Waals surface area contributed by atoms with E-state index in [0.29, 0.717) is 6.54 Å². The van der Waals surface area contributed by atoms with Gasteiger partial charge in [0.1, 0.15) is 0 Å². The van der Waals surface area contributed by atoms with Crippen molar-refractivity contribution in [2.45, 2.75) is 13.0 Å². The lowest BCUT2D eigenvalue weighted by Crippen LogP contribution is -2.03. The highest BCUT2D eigenvalue weighted by molar-refractivity contribution is 9.11. The third-order valence-corrected chi connectivity index (χ3v) is 4.83. The molecule has 0 spiro atoms. The maximum Gasteiger partial charge on any atom is 0.0702 e. The van der Waals surface area contributed by atoms with Crippen LogP contribution >= 0.6 is 27.3 Å². The molecule has 1 aromatic carbocycles. The van der Waals surface area contributed by atoms with Gasteiger partial charge in [0.15, 0.2) is 0 Å². The Bertz CT molecular complexity index is 699. The molecule has 2 aromatic heterocycles. The number of nitrogens with two attached hydrogens (primary N) is 1. The van der Waals surface area contributed by atoms with Crippen LogP contribution in [0.4, 0.5) is 0 Å². The largest absolute Gasteiger partial charge is 0.342 e. The second kappa shape index (κ2) is 5.49. The van der Waals surface area contributed by atoms with Crippen molar-refractivity contribution in [2.75, 3.05) is 6.54 Å². The predicted molar refractivity (Wildman–Crippen MR) is 85.8 cm³/mol. The van der Waals surface area contributed by atoms with Crippen LogP contribution in [-0.4, -0.2) is 11.1 Å². The van der Waals surface area contributed by atoms with Crippen LogP contribution in [0, 0.1) is 0 Å². The normalized spacial score (nSPS) is 11.3. The molecule has 0 aliphatic heterocycles. The molecule has 0 fully saturated rings. The lowest BCUT2D eigenvalue weighted by Gasteiger charge is -2.05. The Morgan fingerprint density at radius 3 is 2.79 bits per heavy atom. The number of nitrogens with zero attached hydrogens (tertiary/aromatic N) is 1. The van der Waals surface area contributed by atoms with E-state index in [-0.39, 0.29) is 0 Å². The van der Waals surface area contributed by atoms with Gasteiger partial charge >= 0.3 is 0 Å². The molecular formula is C15H15BrN2S. The molecule has 2 heterocycles. The number of aromatic nitrogens is 1. The Morgan fingerprint density at radius 2 is 2.05 bits per heavy atom. The zero-order valence-electron chi connectivity index (χ0n) is 10.5. The van der Waals surface area contributed by atoms with Crippen molar-refractivity contribution in [1.29, 1.82) is 0 Å². The topological polar surface area (TPSA) is 30.9 Å². The van der Waals surface area contributed by atoms with Gasteiger partial charge in [-0.15, -0.1) is 11.3 Å². The molecule has 3 aromatic rings. The van der Waals surface area contributed by atoms with Crippen molar-refractivity contribution in [2.24, 2.45) is 5.73 Å². The maximum atomic E-state index is 5.63. The van der Waals surface area contributed by atoms with E-state index in [4.69, 9.17) is 5.73 Å². The summed E-state index contributed by atoms with van der Waals surface area (Å²) in [6.07, 6.45) is 3.09. The highest BCUT2D eigenvalue weighted by Crippen LogP contribution is 2.25. The Kier molecular flexibility index (Phi) is 3.73. The molecule has 0 saturated carbocycles. The number of rotatable bonds is 4. The zero-order chi connectivity index (χ0) is 13.2. The second-order valence-corrected chi connectivity index (χ2v) is 7.13. The average Bonchev–Trinajstić information content (AvgIpc) is 2.98. The van der Waals surface area contributed by atoms with Crippen LogP contribution < -0.4 is 5.73 Å². The highest BCUT2D eigenvalue weighted by Gasteiger charge is 2.04. The van der Waals surface area contributed by atoms with E-state index in [1.54, 1.807) is 11.3 Å². The fourth-order valence-electron chi connectivity index (χ4n) is 2.29. The molecule has 0 amide bonds. The third kappa shape index (κ3) is 2.76. The van der Waals surface area contributed by atoms with E-state index in [9.17, 15) is 0 Å². The first-order valence-electron chi connectivity index (χ1n) is 6.28. The first kappa shape index (κ1) is 12.9. The van der Waals surface area contributed by atoms with E-state index >= 15 is 0 Å². The minimum Gasteiger partial charge on any atom is -0.342 e. The fourth-order valence-corrected chi connectivity index (χ4v) is 3.78. The van der Waals surface area contributed by atoms with Gasteiger partial charge in [-0.25, -0.2) is 0 Å². The van der Waals surface area contributed by atoms with E-state index < -0.39 is 0 Å². The standard InChI is InChI=1S/C15H15BrN2S/c16-15-4-3-13(19-15)10-18-8-6-12-2-1-11(5-7-17)9-14(12)18/h1-4,6,8-9H,5,7,10,17H2. The first-order valence-corrected chi connectivity index (χ1v) is 7.89. The van der Waals surface area contributed by atoms with Gasteiger partial charge in [-0.2, -0.15) is 0 Å². The SMILES string of the molecule is NCCc1ccc2ccn(Cc3ccc(Br)s3)c2c1. The molecular weight excluding hydrogens is 320 g/mol. The van der Waals surface area contributed by atoms with Gasteiger partial charge in [0.2, 0.25) is 0 Å². The van der Waals surface area contributed by atoms with Crippen LogP contribution in [0.5, 0.6) is 0 Å². The molecule has 0 bridgehead atoms. The van der Waals surface area contributed by atoms with Crippen molar-refractivity contribution in [1.82, 2.24) is 4.57 Å². The molecule has 0 unspecified atom stereocenters. The minimum absolute atomic E-state index is 0.698. The van der Waals surface area contributed by atoms with Crippen molar-refractivity contribution in [3.05, 3.63) is 56.8 Å². The first-order chi connectivity index (χ1) is 9.26. The molecule has 0 atom stereocenters. The van der Waals surface area contributed by atoms with Crippen LogP contribution in [0.1, 0.15) is 10.4 Å². The van der Waals surface area contributed by atoms with Crippen LogP contribution in [0.3, 0.4) is 0 Å². The summed E-state index contributed by atoms with van der Waals surface area (Å²) >= 11 is 5.30. The molecule has 2 nitrogen and oxygen atoms in total. The fraction of sp³-hybridized carbons (Fsp3) is 0.200. The Morgan fingerprint density at radius 1 is 1.16 bits per heavy atom. The molecule has 4 heteroatoms. The molecule has 98 valence electrons. The zero-order valence-corrected chi connectivity index (χ0v) is 12.9. The second-order valence-electron chi connectivity index (χ2n) is 4.58. The van der Waals surface area contributed by atoms with Gasteiger partial charge in [0.25, 0.3) is 0 Å². The van der Waals surface area contributed by atoms with Crippen molar-refractivity contribution in [3.63, 3.8) is 0 Å². The lowest BCUT2D eigenvalue weighted by molar-refractivity contribution is 0.850. The van der Waals surface area contributed by atoms with E-state index in [0.717, 1.165) is 13.0 Å². The number of hydrogen-bond acceptors (Lipinski definition) is 2. The number of fused-ring (bicyclic) bond motifs is 1. The third-order valence-electron chi connectivity index (χ3n) is 3.23.